The standard InChI is InChI=1S/C17H22N2O2/c1-17(2)16(21)19(9-8-15(20)18-17)11-12-6-7-13-4-3-5-14(13)10-12/h6-7,10H,3-5,8-9,11H2,1-2H3,(H,18,20). The molecule has 1 aromatic rings. The molecule has 4 heteroatoms. The number of hydrogen-bond acceptors (Lipinski definition) is 2. The lowest BCUT2D eigenvalue weighted by molar-refractivity contribution is -0.137. The van der Waals surface area contributed by atoms with E-state index in [2.05, 4.69) is 23.5 Å². The third kappa shape index (κ3) is 2.80. The van der Waals surface area contributed by atoms with E-state index in [0.717, 1.165) is 12.0 Å². The number of carbonyl (C=O) groups is 2. The van der Waals surface area contributed by atoms with Gasteiger partial charge in [0.15, 0.2) is 0 Å². The third-order valence-electron chi connectivity index (χ3n) is 4.42. The van der Waals surface area contributed by atoms with Gasteiger partial charge in [0.2, 0.25) is 11.8 Å². The number of nitrogens with one attached hydrogen (secondary N) is 1. The van der Waals surface area contributed by atoms with Crippen molar-refractivity contribution in [1.29, 1.82) is 0 Å². The van der Waals surface area contributed by atoms with E-state index in [1.165, 1.54) is 24.0 Å². The Morgan fingerprint density at radius 3 is 2.71 bits per heavy atom. The summed E-state index contributed by atoms with van der Waals surface area (Å²) in [6, 6.07) is 6.53. The van der Waals surface area contributed by atoms with Crippen LogP contribution in [0.1, 0.15) is 43.4 Å². The fourth-order valence-electron chi connectivity index (χ4n) is 3.29. The quantitative estimate of drug-likeness (QED) is 0.901. The first-order valence-corrected chi connectivity index (χ1v) is 7.67. The molecule has 1 saturated heterocycles. The van der Waals surface area contributed by atoms with E-state index >= 15 is 0 Å². The molecule has 1 aliphatic heterocycles. The van der Waals surface area contributed by atoms with E-state index in [1.54, 1.807) is 18.7 Å². The maximum absolute atomic E-state index is 12.6. The Bertz CT molecular complexity index is 592. The Labute approximate surface area is 125 Å². The van der Waals surface area contributed by atoms with Crippen LogP contribution in [0.5, 0.6) is 0 Å². The summed E-state index contributed by atoms with van der Waals surface area (Å²) >= 11 is 0. The van der Waals surface area contributed by atoms with Crippen LogP contribution >= 0.6 is 0 Å². The Balaban J connectivity index is 1.80. The van der Waals surface area contributed by atoms with Crippen molar-refractivity contribution in [2.45, 2.75) is 51.6 Å². The van der Waals surface area contributed by atoms with Crippen LogP contribution in [0, 0.1) is 0 Å². The van der Waals surface area contributed by atoms with Crippen molar-refractivity contribution < 1.29 is 9.59 Å². The fraction of sp³-hybridized carbons (Fsp3) is 0.529. The van der Waals surface area contributed by atoms with Crippen LogP contribution in [0.3, 0.4) is 0 Å². The van der Waals surface area contributed by atoms with Crippen LogP contribution in [0.15, 0.2) is 18.2 Å². The molecule has 2 aliphatic rings. The second kappa shape index (κ2) is 5.17. The highest BCUT2D eigenvalue weighted by molar-refractivity contribution is 5.92. The molecule has 1 aliphatic carbocycles. The zero-order chi connectivity index (χ0) is 15.0. The summed E-state index contributed by atoms with van der Waals surface area (Å²) in [7, 11) is 0. The SMILES string of the molecule is CC1(C)NC(=O)CCN(Cc2ccc3c(c2)CCC3)C1=O. The zero-order valence-electron chi connectivity index (χ0n) is 12.7. The van der Waals surface area contributed by atoms with E-state index in [-0.39, 0.29) is 11.8 Å². The normalized spacial score (nSPS) is 21.0. The van der Waals surface area contributed by atoms with Gasteiger partial charge in [0.25, 0.3) is 0 Å². The van der Waals surface area contributed by atoms with Gasteiger partial charge in [-0.15, -0.1) is 0 Å². The van der Waals surface area contributed by atoms with Crippen LogP contribution in [-0.4, -0.2) is 28.8 Å². The molecule has 0 radical (unpaired) electrons. The molecule has 3 rings (SSSR count). The second-order valence-corrected chi connectivity index (χ2v) is 6.61. The van der Waals surface area contributed by atoms with Gasteiger partial charge in [0.05, 0.1) is 0 Å². The largest absolute Gasteiger partial charge is 0.342 e. The van der Waals surface area contributed by atoms with Gasteiger partial charge in [-0.05, 0) is 49.8 Å². The monoisotopic (exact) mass is 286 g/mol. The fourth-order valence-corrected chi connectivity index (χ4v) is 3.29. The van der Waals surface area contributed by atoms with Gasteiger partial charge in [-0.25, -0.2) is 0 Å². The zero-order valence-corrected chi connectivity index (χ0v) is 12.7. The Morgan fingerprint density at radius 1 is 1.14 bits per heavy atom. The third-order valence-corrected chi connectivity index (χ3v) is 4.42. The van der Waals surface area contributed by atoms with Gasteiger partial charge in [-0.2, -0.15) is 0 Å². The van der Waals surface area contributed by atoms with E-state index < -0.39 is 5.54 Å². The van der Waals surface area contributed by atoms with Crippen molar-refractivity contribution in [3.05, 3.63) is 34.9 Å². The molecule has 0 atom stereocenters. The minimum atomic E-state index is -0.815. The number of fused-ring (bicyclic) bond motifs is 1. The lowest BCUT2D eigenvalue weighted by Gasteiger charge is -2.29. The summed E-state index contributed by atoms with van der Waals surface area (Å²) in [5.41, 5.74) is 3.21. The molecule has 2 amide bonds. The average molecular weight is 286 g/mol. The number of carbonyl (C=O) groups excluding carboxylic acids is 2. The number of aryl methyl sites for hydroxylation is 2. The molecule has 4 nitrogen and oxygen atoms in total. The first-order chi connectivity index (χ1) is 9.95. The molecule has 0 spiro atoms. The Hall–Kier alpha value is -1.84. The minimum absolute atomic E-state index is 0.00570. The summed E-state index contributed by atoms with van der Waals surface area (Å²) < 4.78 is 0. The summed E-state index contributed by atoms with van der Waals surface area (Å²) in [5.74, 6) is -0.0568. The molecule has 1 heterocycles. The van der Waals surface area contributed by atoms with Crippen molar-refractivity contribution in [2.24, 2.45) is 0 Å². The molecule has 0 bridgehead atoms. The lowest BCUT2D eigenvalue weighted by atomic mass is 10.0. The molecule has 1 N–H and O–H groups in total. The highest BCUT2D eigenvalue weighted by atomic mass is 16.2. The molecule has 21 heavy (non-hydrogen) atoms. The van der Waals surface area contributed by atoms with Gasteiger partial charge >= 0.3 is 0 Å². The molecule has 1 aromatic carbocycles. The molecule has 0 aromatic heterocycles. The maximum atomic E-state index is 12.6. The van der Waals surface area contributed by atoms with E-state index in [1.807, 2.05) is 0 Å². The molecular formula is C17H22N2O2. The van der Waals surface area contributed by atoms with Crippen molar-refractivity contribution >= 4 is 11.8 Å². The van der Waals surface area contributed by atoms with Gasteiger partial charge in [-0.1, -0.05) is 18.2 Å². The topological polar surface area (TPSA) is 49.4 Å². The highest BCUT2D eigenvalue weighted by Gasteiger charge is 2.36. The molecule has 112 valence electrons. The van der Waals surface area contributed by atoms with Gasteiger partial charge < -0.3 is 10.2 Å². The average Bonchev–Trinajstić information content (AvgIpc) is 2.86. The van der Waals surface area contributed by atoms with Gasteiger partial charge in [0.1, 0.15) is 5.54 Å². The van der Waals surface area contributed by atoms with Crippen LogP contribution in [-0.2, 0) is 29.0 Å². The summed E-state index contributed by atoms with van der Waals surface area (Å²) in [6.45, 7) is 4.62. The van der Waals surface area contributed by atoms with Crippen molar-refractivity contribution in [3.63, 3.8) is 0 Å². The number of hydrogen-bond donors (Lipinski definition) is 1. The summed E-state index contributed by atoms with van der Waals surface area (Å²) in [4.78, 5) is 26.1. The molecule has 0 unspecified atom stereocenters. The van der Waals surface area contributed by atoms with Crippen LogP contribution < -0.4 is 5.32 Å². The highest BCUT2D eigenvalue weighted by Crippen LogP contribution is 2.24. The smallest absolute Gasteiger partial charge is 0.248 e. The lowest BCUT2D eigenvalue weighted by Crippen LogP contribution is -2.52. The van der Waals surface area contributed by atoms with E-state index in [0.29, 0.717) is 19.5 Å². The number of nitrogens with zero attached hydrogens (tertiary/aromatic N) is 1. The molecule has 1 fully saturated rings. The number of rotatable bonds is 2. The van der Waals surface area contributed by atoms with Crippen LogP contribution in [0.25, 0.3) is 0 Å². The number of amides is 2. The summed E-state index contributed by atoms with van der Waals surface area (Å²) in [5, 5.41) is 2.80. The maximum Gasteiger partial charge on any atom is 0.248 e. The molecular weight excluding hydrogens is 264 g/mol. The van der Waals surface area contributed by atoms with Crippen LogP contribution in [0.4, 0.5) is 0 Å². The predicted molar refractivity (Wildman–Crippen MR) is 80.7 cm³/mol. The van der Waals surface area contributed by atoms with Crippen molar-refractivity contribution in [1.82, 2.24) is 10.2 Å². The first-order valence-electron chi connectivity index (χ1n) is 7.67. The van der Waals surface area contributed by atoms with Crippen LogP contribution in [0.2, 0.25) is 0 Å². The van der Waals surface area contributed by atoms with E-state index in [9.17, 15) is 9.59 Å². The molecule has 0 saturated carbocycles. The first kappa shape index (κ1) is 14.1. The van der Waals surface area contributed by atoms with Gasteiger partial charge in [0, 0.05) is 19.5 Å². The van der Waals surface area contributed by atoms with Crippen molar-refractivity contribution in [3.8, 4) is 0 Å². The van der Waals surface area contributed by atoms with E-state index in [4.69, 9.17) is 0 Å². The minimum Gasteiger partial charge on any atom is -0.342 e. The predicted octanol–water partition coefficient (Wildman–Crippen LogP) is 1.80. The number of benzene rings is 1. The Kier molecular flexibility index (Phi) is 3.47. The Morgan fingerprint density at radius 2 is 1.90 bits per heavy atom. The second-order valence-electron chi connectivity index (χ2n) is 6.61. The van der Waals surface area contributed by atoms with Gasteiger partial charge in [-0.3, -0.25) is 9.59 Å². The summed E-state index contributed by atoms with van der Waals surface area (Å²) in [6.07, 6.45) is 3.92. The van der Waals surface area contributed by atoms with Crippen molar-refractivity contribution in [2.75, 3.05) is 6.54 Å².